The molecule has 41 heavy (non-hydrogen) atoms. The van der Waals surface area contributed by atoms with Crippen LogP contribution in [-0.2, 0) is 4.74 Å². The Balaban J connectivity index is 0. The minimum Gasteiger partial charge on any atom is -0.381 e. The first-order chi connectivity index (χ1) is 20.1. The quantitative estimate of drug-likeness (QED) is 0.0615. The molecule has 0 aliphatic carbocycles. The molecular formula is C37H74N2O2. The number of hydrogen-bond acceptors (Lipinski definition) is 2. The van der Waals surface area contributed by atoms with Gasteiger partial charge in [0.1, 0.15) is 0 Å². The molecule has 0 radical (unpaired) electrons. The van der Waals surface area contributed by atoms with Gasteiger partial charge in [-0.15, -0.1) is 0 Å². The average molecular weight is 579 g/mol. The Morgan fingerprint density at radius 1 is 0.415 bits per heavy atom. The lowest BCUT2D eigenvalue weighted by atomic mass is 10.1. The summed E-state index contributed by atoms with van der Waals surface area (Å²) in [6.07, 6.45) is 48.1. The molecule has 0 fully saturated rings. The fourth-order valence-electron chi connectivity index (χ4n) is 5.01. The zero-order valence-electron chi connectivity index (χ0n) is 28.0. The summed E-state index contributed by atoms with van der Waals surface area (Å²) >= 11 is 0. The van der Waals surface area contributed by atoms with Gasteiger partial charge in [0.2, 0.25) is 0 Å². The van der Waals surface area contributed by atoms with Crippen LogP contribution in [0.5, 0.6) is 0 Å². The number of allylic oxidation sites excluding steroid dienone is 4. The second-order valence-electron chi connectivity index (χ2n) is 11.9. The zero-order chi connectivity index (χ0) is 30.3. The van der Waals surface area contributed by atoms with Crippen LogP contribution in [0.2, 0.25) is 0 Å². The molecule has 0 bridgehead atoms. The average Bonchev–Trinajstić information content (AvgIpc) is 2.95. The van der Waals surface area contributed by atoms with Crippen molar-refractivity contribution in [2.24, 2.45) is 11.5 Å². The molecule has 0 unspecified atom stereocenters. The Morgan fingerprint density at radius 2 is 0.634 bits per heavy atom. The third kappa shape index (κ3) is 48.8. The Morgan fingerprint density at radius 3 is 0.902 bits per heavy atom. The highest BCUT2D eigenvalue weighted by molar-refractivity contribution is 5.69. The zero-order valence-corrected chi connectivity index (χ0v) is 28.0. The Bertz CT molecular complexity index is 489. The van der Waals surface area contributed by atoms with E-state index in [-0.39, 0.29) is 0 Å². The molecule has 0 aliphatic rings. The molecule has 4 nitrogen and oxygen atoms in total. The van der Waals surface area contributed by atoms with Crippen molar-refractivity contribution in [1.29, 1.82) is 0 Å². The number of nitrogens with two attached hydrogens (primary N) is 2. The van der Waals surface area contributed by atoms with Crippen molar-refractivity contribution in [1.82, 2.24) is 0 Å². The number of rotatable bonds is 32. The largest absolute Gasteiger partial charge is 0.381 e. The van der Waals surface area contributed by atoms with Gasteiger partial charge in [0.15, 0.2) is 0 Å². The number of carbonyl (C=O) groups excluding carboxylic acids is 1. The van der Waals surface area contributed by atoms with Crippen LogP contribution in [0, 0.1) is 0 Å². The maximum atomic E-state index is 9.00. The summed E-state index contributed by atoms with van der Waals surface area (Å²) in [7, 11) is 0. The van der Waals surface area contributed by atoms with Gasteiger partial charge < -0.3 is 16.2 Å². The van der Waals surface area contributed by atoms with Gasteiger partial charge in [-0.25, -0.2) is 4.79 Å². The Labute approximate surface area is 257 Å². The standard InChI is InChI=1S/C36H70O.CH4N2O/c1-3-5-7-9-11-13-15-17-19-21-23-25-27-29-31-33-35-37-36-34-32-30-28-26-24-22-20-18-16-14-12-10-8-6-4-2;2-1(3)4/h17-20H,3-16,21-36H2,1-2H3;(H4,2,3,4)/b19-17-,20-18-;. The minimum atomic E-state index is -0.833. The fraction of sp³-hybridized carbons (Fsp3) is 0.865. The predicted octanol–water partition coefficient (Wildman–Crippen LogP) is 12.1. The van der Waals surface area contributed by atoms with Crippen LogP contribution in [0.15, 0.2) is 24.3 Å². The van der Waals surface area contributed by atoms with E-state index in [1.54, 1.807) is 0 Å². The first kappa shape index (κ1) is 41.8. The van der Waals surface area contributed by atoms with E-state index < -0.39 is 6.03 Å². The van der Waals surface area contributed by atoms with Crippen molar-refractivity contribution in [3.05, 3.63) is 24.3 Å². The maximum absolute atomic E-state index is 9.00. The first-order valence-corrected chi connectivity index (χ1v) is 18.1. The summed E-state index contributed by atoms with van der Waals surface area (Å²) in [5.74, 6) is 0. The number of carbonyl (C=O) groups is 1. The number of unbranched alkanes of at least 4 members (excludes halogenated alkanes) is 24. The number of hydrogen-bond donors (Lipinski definition) is 2. The molecule has 0 aliphatic heterocycles. The molecule has 0 rings (SSSR count). The molecule has 4 N–H and O–H groups in total. The number of primary amides is 2. The van der Waals surface area contributed by atoms with E-state index >= 15 is 0 Å². The van der Waals surface area contributed by atoms with Gasteiger partial charge in [0.25, 0.3) is 0 Å². The van der Waals surface area contributed by atoms with E-state index in [0.29, 0.717) is 0 Å². The highest BCUT2D eigenvalue weighted by Crippen LogP contribution is 2.12. The van der Waals surface area contributed by atoms with Gasteiger partial charge in [0.05, 0.1) is 0 Å². The van der Waals surface area contributed by atoms with Crippen molar-refractivity contribution >= 4 is 6.03 Å². The molecule has 0 heterocycles. The van der Waals surface area contributed by atoms with Gasteiger partial charge >= 0.3 is 6.03 Å². The minimum absolute atomic E-state index is 0.833. The van der Waals surface area contributed by atoms with Gasteiger partial charge in [-0.3, -0.25) is 0 Å². The lowest BCUT2D eigenvalue weighted by Crippen LogP contribution is -2.18. The van der Waals surface area contributed by atoms with Crippen molar-refractivity contribution in [3.8, 4) is 0 Å². The van der Waals surface area contributed by atoms with Gasteiger partial charge in [-0.1, -0.05) is 154 Å². The van der Waals surface area contributed by atoms with Crippen molar-refractivity contribution in [3.63, 3.8) is 0 Å². The molecule has 2 amide bonds. The second kappa shape index (κ2) is 40.8. The van der Waals surface area contributed by atoms with Crippen LogP contribution in [-0.4, -0.2) is 19.2 Å². The van der Waals surface area contributed by atoms with Crippen molar-refractivity contribution in [2.75, 3.05) is 13.2 Å². The van der Waals surface area contributed by atoms with Crippen molar-refractivity contribution < 1.29 is 9.53 Å². The normalized spacial score (nSPS) is 11.4. The molecular weight excluding hydrogens is 504 g/mol. The monoisotopic (exact) mass is 579 g/mol. The smallest absolute Gasteiger partial charge is 0.309 e. The highest BCUT2D eigenvalue weighted by Gasteiger charge is 1.95. The molecule has 244 valence electrons. The number of urea groups is 1. The molecule has 0 atom stereocenters. The van der Waals surface area contributed by atoms with Crippen LogP contribution in [0.25, 0.3) is 0 Å². The highest BCUT2D eigenvalue weighted by atomic mass is 16.5. The van der Waals surface area contributed by atoms with E-state index in [2.05, 4.69) is 49.6 Å². The van der Waals surface area contributed by atoms with E-state index in [0.717, 1.165) is 13.2 Å². The first-order valence-electron chi connectivity index (χ1n) is 18.1. The fourth-order valence-corrected chi connectivity index (χ4v) is 5.01. The Kier molecular flexibility index (Phi) is 41.7. The van der Waals surface area contributed by atoms with Gasteiger partial charge in [0, 0.05) is 13.2 Å². The molecule has 4 heteroatoms. The molecule has 0 saturated carbocycles. The van der Waals surface area contributed by atoms with Crippen LogP contribution in [0.1, 0.15) is 194 Å². The van der Waals surface area contributed by atoms with Crippen LogP contribution in [0.4, 0.5) is 4.79 Å². The molecule has 0 aromatic heterocycles. The number of amides is 2. The molecule has 0 saturated heterocycles. The van der Waals surface area contributed by atoms with E-state index in [1.165, 1.54) is 180 Å². The predicted molar refractivity (Wildman–Crippen MR) is 183 cm³/mol. The second-order valence-corrected chi connectivity index (χ2v) is 11.9. The SMILES string of the molecule is CCCCCCCC/C=C\CCCCCCCCOCCCCCCCC/C=C\CCCCCCCC.NC(N)=O. The maximum Gasteiger partial charge on any atom is 0.309 e. The molecule has 0 aromatic rings. The summed E-state index contributed by atoms with van der Waals surface area (Å²) in [5, 5.41) is 0. The van der Waals surface area contributed by atoms with Crippen LogP contribution in [0.3, 0.4) is 0 Å². The van der Waals surface area contributed by atoms with E-state index in [1.807, 2.05) is 0 Å². The third-order valence-corrected chi connectivity index (χ3v) is 7.60. The summed E-state index contributed by atoms with van der Waals surface area (Å²) in [6.45, 7) is 6.54. The summed E-state index contributed by atoms with van der Waals surface area (Å²) in [5.41, 5.74) is 8.50. The third-order valence-electron chi connectivity index (χ3n) is 7.60. The lowest BCUT2D eigenvalue weighted by molar-refractivity contribution is 0.125. The molecule has 0 spiro atoms. The van der Waals surface area contributed by atoms with Crippen molar-refractivity contribution in [2.45, 2.75) is 194 Å². The van der Waals surface area contributed by atoms with Gasteiger partial charge in [-0.05, 0) is 64.2 Å². The Hall–Kier alpha value is -1.29. The topological polar surface area (TPSA) is 78.3 Å². The van der Waals surface area contributed by atoms with Gasteiger partial charge in [-0.2, -0.15) is 0 Å². The summed E-state index contributed by atoms with van der Waals surface area (Å²) < 4.78 is 5.85. The van der Waals surface area contributed by atoms with E-state index in [9.17, 15) is 0 Å². The summed E-state index contributed by atoms with van der Waals surface area (Å²) in [4.78, 5) is 9.00. The van der Waals surface area contributed by atoms with Crippen LogP contribution >= 0.6 is 0 Å². The lowest BCUT2D eigenvalue weighted by Gasteiger charge is -2.05. The number of ether oxygens (including phenoxy) is 1. The van der Waals surface area contributed by atoms with E-state index in [4.69, 9.17) is 9.53 Å². The molecule has 0 aromatic carbocycles. The van der Waals surface area contributed by atoms with Crippen LogP contribution < -0.4 is 11.5 Å². The summed E-state index contributed by atoms with van der Waals surface area (Å²) in [6, 6.07) is -0.833.